The zero-order valence-electron chi connectivity index (χ0n) is 17.5. The van der Waals surface area contributed by atoms with Crippen LogP contribution in [0, 0.1) is 0 Å². The maximum Gasteiger partial charge on any atom is 0.261 e. The largest absolute Gasteiger partial charge is 0.345 e. The number of sulfonamides is 1. The molecule has 1 atom stereocenters. The van der Waals surface area contributed by atoms with Crippen LogP contribution in [0.1, 0.15) is 40.9 Å². The van der Waals surface area contributed by atoms with E-state index in [9.17, 15) is 18.0 Å². The number of carbonyl (C=O) groups excluding carboxylic acids is 2. The second-order valence-corrected chi connectivity index (χ2v) is 9.31. The number of fused-ring (bicyclic) bond motifs is 1. The van der Waals surface area contributed by atoms with Crippen LogP contribution in [0.15, 0.2) is 77.7 Å². The first-order chi connectivity index (χ1) is 15.3. The van der Waals surface area contributed by atoms with E-state index < -0.39 is 10.0 Å². The van der Waals surface area contributed by atoms with E-state index in [0.29, 0.717) is 18.5 Å². The lowest BCUT2D eigenvalue weighted by molar-refractivity contribution is -0.116. The first kappa shape index (κ1) is 21.6. The van der Waals surface area contributed by atoms with Crippen molar-refractivity contribution in [1.82, 2.24) is 5.32 Å². The van der Waals surface area contributed by atoms with E-state index in [4.69, 9.17) is 0 Å². The lowest BCUT2D eigenvalue weighted by atomic mass is 10.0. The molecule has 0 aromatic heterocycles. The van der Waals surface area contributed by atoms with E-state index >= 15 is 0 Å². The molecule has 2 amide bonds. The van der Waals surface area contributed by atoms with Gasteiger partial charge in [0.2, 0.25) is 5.91 Å². The van der Waals surface area contributed by atoms with Crippen molar-refractivity contribution in [3.8, 4) is 0 Å². The third kappa shape index (κ3) is 4.65. The number of hydrogen-bond donors (Lipinski definition) is 3. The van der Waals surface area contributed by atoms with Gasteiger partial charge >= 0.3 is 0 Å². The Morgan fingerprint density at radius 2 is 1.69 bits per heavy atom. The van der Waals surface area contributed by atoms with Crippen molar-refractivity contribution in [2.75, 3.05) is 10.0 Å². The van der Waals surface area contributed by atoms with Gasteiger partial charge in [0.15, 0.2) is 0 Å². The van der Waals surface area contributed by atoms with E-state index in [0.717, 1.165) is 11.1 Å². The second kappa shape index (κ2) is 8.84. The minimum absolute atomic E-state index is 0.0697. The Kier molecular flexibility index (Phi) is 5.96. The average Bonchev–Trinajstić information content (AvgIpc) is 2.79. The minimum Gasteiger partial charge on any atom is -0.345 e. The van der Waals surface area contributed by atoms with Crippen molar-refractivity contribution >= 4 is 33.2 Å². The number of hydrogen-bond acceptors (Lipinski definition) is 4. The highest BCUT2D eigenvalue weighted by atomic mass is 32.2. The molecular weight excluding hydrogens is 426 g/mol. The molecule has 0 saturated heterocycles. The van der Waals surface area contributed by atoms with Gasteiger partial charge in [0.05, 0.1) is 22.2 Å². The fourth-order valence-electron chi connectivity index (χ4n) is 3.60. The molecule has 0 unspecified atom stereocenters. The summed E-state index contributed by atoms with van der Waals surface area (Å²) >= 11 is 0. The summed E-state index contributed by atoms with van der Waals surface area (Å²) in [5.74, 6) is -0.469. The Labute approximate surface area is 186 Å². The highest BCUT2D eigenvalue weighted by Crippen LogP contribution is 2.27. The smallest absolute Gasteiger partial charge is 0.261 e. The zero-order chi connectivity index (χ0) is 22.7. The number of nitrogens with one attached hydrogen (secondary N) is 3. The predicted molar refractivity (Wildman–Crippen MR) is 123 cm³/mol. The van der Waals surface area contributed by atoms with Crippen molar-refractivity contribution in [2.24, 2.45) is 0 Å². The topological polar surface area (TPSA) is 104 Å². The average molecular weight is 450 g/mol. The molecule has 0 saturated carbocycles. The Hall–Kier alpha value is -3.65. The van der Waals surface area contributed by atoms with Gasteiger partial charge in [-0.2, -0.15) is 0 Å². The molecule has 0 fully saturated rings. The van der Waals surface area contributed by atoms with E-state index in [1.54, 1.807) is 36.4 Å². The zero-order valence-corrected chi connectivity index (χ0v) is 18.3. The van der Waals surface area contributed by atoms with Crippen LogP contribution in [0.5, 0.6) is 0 Å². The molecule has 3 aromatic rings. The molecule has 1 aliphatic heterocycles. The van der Waals surface area contributed by atoms with E-state index in [1.807, 2.05) is 37.3 Å². The second-order valence-electron chi connectivity index (χ2n) is 7.62. The van der Waals surface area contributed by atoms with Crippen LogP contribution in [-0.4, -0.2) is 20.2 Å². The lowest BCUT2D eigenvalue weighted by Gasteiger charge is -2.19. The highest BCUT2D eigenvalue weighted by molar-refractivity contribution is 7.92. The van der Waals surface area contributed by atoms with Crippen LogP contribution < -0.4 is 15.4 Å². The minimum atomic E-state index is -3.94. The van der Waals surface area contributed by atoms with Gasteiger partial charge in [0.25, 0.3) is 15.9 Å². The van der Waals surface area contributed by atoms with Gasteiger partial charge in [0.1, 0.15) is 0 Å². The number of benzene rings is 3. The molecule has 1 aliphatic rings. The Morgan fingerprint density at radius 3 is 2.47 bits per heavy atom. The Morgan fingerprint density at radius 1 is 0.969 bits per heavy atom. The molecule has 4 rings (SSSR count). The fraction of sp³-hybridized carbons (Fsp3) is 0.167. The molecule has 3 aromatic carbocycles. The number of rotatable bonds is 6. The predicted octanol–water partition coefficient (Wildman–Crippen LogP) is 3.86. The van der Waals surface area contributed by atoms with E-state index in [1.165, 1.54) is 6.07 Å². The monoisotopic (exact) mass is 449 g/mol. The maximum atomic E-state index is 13.0. The molecular formula is C24H23N3O4S. The van der Waals surface area contributed by atoms with Gasteiger partial charge < -0.3 is 10.6 Å². The lowest BCUT2D eigenvalue weighted by Crippen LogP contribution is -2.28. The van der Waals surface area contributed by atoms with Gasteiger partial charge in [-0.1, -0.05) is 42.5 Å². The van der Waals surface area contributed by atoms with E-state index in [-0.39, 0.29) is 34.0 Å². The van der Waals surface area contributed by atoms with E-state index in [2.05, 4.69) is 15.4 Å². The number of para-hydroxylation sites is 1. The van der Waals surface area contributed by atoms with Crippen molar-refractivity contribution in [2.45, 2.75) is 30.7 Å². The molecule has 7 nitrogen and oxygen atoms in total. The molecule has 3 N–H and O–H groups in total. The normalized spacial score (nSPS) is 14.1. The molecule has 0 bridgehead atoms. The quantitative estimate of drug-likeness (QED) is 0.531. The maximum absolute atomic E-state index is 13.0. The third-order valence-electron chi connectivity index (χ3n) is 5.35. The number of amides is 2. The first-order valence-corrected chi connectivity index (χ1v) is 11.7. The van der Waals surface area contributed by atoms with Crippen LogP contribution in [0.4, 0.5) is 11.4 Å². The van der Waals surface area contributed by atoms with Gasteiger partial charge in [-0.05, 0) is 54.8 Å². The number of anilines is 2. The van der Waals surface area contributed by atoms with Crippen LogP contribution in [0.2, 0.25) is 0 Å². The van der Waals surface area contributed by atoms with Gasteiger partial charge in [0, 0.05) is 12.1 Å². The molecule has 164 valence electrons. The first-order valence-electron chi connectivity index (χ1n) is 10.2. The van der Waals surface area contributed by atoms with Crippen molar-refractivity contribution in [3.63, 3.8) is 0 Å². The molecule has 32 heavy (non-hydrogen) atoms. The Bertz CT molecular complexity index is 1270. The molecule has 8 heteroatoms. The van der Waals surface area contributed by atoms with Crippen molar-refractivity contribution in [1.29, 1.82) is 0 Å². The Balaban J connectivity index is 1.56. The standard InChI is InChI=1S/C24H23N3O4S/c1-16(17-7-3-2-4-8-17)25-24(29)20-9-5-6-10-22(20)27-32(30,31)19-12-13-21-18(15-19)11-14-23(28)26-21/h2-10,12-13,15-16,27H,11,14H2,1H3,(H,25,29)(H,26,28)/t16-/m0/s1. The van der Waals surface area contributed by atoms with Crippen molar-refractivity contribution in [3.05, 3.63) is 89.5 Å². The summed E-state index contributed by atoms with van der Waals surface area (Å²) in [7, 11) is -3.94. The molecule has 1 heterocycles. The summed E-state index contributed by atoms with van der Waals surface area (Å²) in [6.07, 6.45) is 0.785. The summed E-state index contributed by atoms with van der Waals surface area (Å²) in [6, 6.07) is 20.3. The van der Waals surface area contributed by atoms with Crippen LogP contribution in [0.25, 0.3) is 0 Å². The van der Waals surface area contributed by atoms with Gasteiger partial charge in [-0.3, -0.25) is 14.3 Å². The van der Waals surface area contributed by atoms with Crippen LogP contribution in [-0.2, 0) is 21.2 Å². The van der Waals surface area contributed by atoms with Crippen LogP contribution in [0.3, 0.4) is 0 Å². The molecule has 0 spiro atoms. The highest BCUT2D eigenvalue weighted by Gasteiger charge is 2.22. The number of carbonyl (C=O) groups is 2. The summed E-state index contributed by atoms with van der Waals surface area (Å²) in [5.41, 5.74) is 2.74. The third-order valence-corrected chi connectivity index (χ3v) is 6.71. The SMILES string of the molecule is C[C@H](NC(=O)c1ccccc1NS(=O)(=O)c1ccc2c(c1)CCC(=O)N2)c1ccccc1. The molecule has 0 radical (unpaired) electrons. The number of aryl methyl sites for hydroxylation is 1. The van der Waals surface area contributed by atoms with Gasteiger partial charge in [-0.15, -0.1) is 0 Å². The van der Waals surface area contributed by atoms with Crippen molar-refractivity contribution < 1.29 is 18.0 Å². The van der Waals surface area contributed by atoms with Gasteiger partial charge in [-0.25, -0.2) is 8.42 Å². The summed E-state index contributed by atoms with van der Waals surface area (Å²) < 4.78 is 28.6. The molecule has 0 aliphatic carbocycles. The van der Waals surface area contributed by atoms with Crippen LogP contribution >= 0.6 is 0 Å². The summed E-state index contributed by atoms with van der Waals surface area (Å²) in [5, 5.41) is 5.65. The summed E-state index contributed by atoms with van der Waals surface area (Å²) in [6.45, 7) is 1.87. The fourth-order valence-corrected chi connectivity index (χ4v) is 4.73. The summed E-state index contributed by atoms with van der Waals surface area (Å²) in [4.78, 5) is 24.5.